The van der Waals surface area contributed by atoms with Crippen LogP contribution in [0.25, 0.3) is 0 Å². The highest BCUT2D eigenvalue weighted by atomic mass is 35.5. The van der Waals surface area contributed by atoms with Crippen molar-refractivity contribution in [2.75, 3.05) is 0 Å². The Morgan fingerprint density at radius 2 is 1.71 bits per heavy atom. The first-order chi connectivity index (χ1) is 6.86. The van der Waals surface area contributed by atoms with Gasteiger partial charge < -0.3 is 0 Å². The maximum absolute atomic E-state index is 6.19. The predicted molar refractivity (Wildman–Crippen MR) is 61.6 cm³/mol. The van der Waals surface area contributed by atoms with E-state index in [-0.39, 0.29) is 5.38 Å². The van der Waals surface area contributed by atoms with E-state index >= 15 is 0 Å². The molecule has 1 heteroatoms. The van der Waals surface area contributed by atoms with Crippen molar-refractivity contribution in [3.8, 4) is 0 Å². The third kappa shape index (κ3) is 2.27. The molecule has 0 heterocycles. The van der Waals surface area contributed by atoms with Crippen LogP contribution in [0.3, 0.4) is 0 Å². The fourth-order valence-electron chi connectivity index (χ4n) is 1.69. The van der Waals surface area contributed by atoms with Crippen molar-refractivity contribution in [3.63, 3.8) is 0 Å². The molecule has 0 bridgehead atoms. The van der Waals surface area contributed by atoms with Crippen LogP contribution >= 0.6 is 11.6 Å². The van der Waals surface area contributed by atoms with Crippen molar-refractivity contribution in [2.24, 2.45) is 5.92 Å². The van der Waals surface area contributed by atoms with Gasteiger partial charge in [-0.2, -0.15) is 0 Å². The fraction of sp³-hybridized carbons (Fsp3) is 0.231. The van der Waals surface area contributed by atoms with Gasteiger partial charge in [-0.05, 0) is 12.0 Å². The molecule has 1 aromatic carbocycles. The zero-order chi connectivity index (χ0) is 9.80. The Balaban J connectivity index is 2.05. The molecule has 0 amide bonds. The van der Waals surface area contributed by atoms with Crippen molar-refractivity contribution >= 4 is 11.6 Å². The van der Waals surface area contributed by atoms with Gasteiger partial charge in [0.25, 0.3) is 0 Å². The highest BCUT2D eigenvalue weighted by Crippen LogP contribution is 2.22. The number of hydrogen-bond donors (Lipinski definition) is 0. The van der Waals surface area contributed by atoms with Gasteiger partial charge in [0, 0.05) is 5.92 Å². The first kappa shape index (κ1) is 9.54. The molecule has 14 heavy (non-hydrogen) atoms. The summed E-state index contributed by atoms with van der Waals surface area (Å²) < 4.78 is 0. The standard InChI is InChI=1S/C13H13Cl/c14-13-9-5-4-8-12(13)10-11-6-2-1-3-7-11/h1-9,12-13H,10H2. The number of rotatable bonds is 2. The summed E-state index contributed by atoms with van der Waals surface area (Å²) in [7, 11) is 0. The first-order valence-corrected chi connectivity index (χ1v) is 5.33. The highest BCUT2D eigenvalue weighted by molar-refractivity contribution is 6.22. The summed E-state index contributed by atoms with van der Waals surface area (Å²) in [6, 6.07) is 10.5. The average molecular weight is 205 g/mol. The molecule has 0 N–H and O–H groups in total. The third-order valence-corrected chi connectivity index (χ3v) is 2.96. The summed E-state index contributed by atoms with van der Waals surface area (Å²) in [5.41, 5.74) is 1.35. The van der Waals surface area contributed by atoms with Crippen molar-refractivity contribution in [3.05, 3.63) is 60.2 Å². The van der Waals surface area contributed by atoms with E-state index in [1.807, 2.05) is 12.1 Å². The number of benzene rings is 1. The molecule has 1 aromatic rings. The van der Waals surface area contributed by atoms with E-state index in [1.54, 1.807) is 0 Å². The van der Waals surface area contributed by atoms with Crippen LogP contribution in [0.15, 0.2) is 54.6 Å². The maximum atomic E-state index is 6.19. The summed E-state index contributed by atoms with van der Waals surface area (Å²) in [5, 5.41) is 0.139. The van der Waals surface area contributed by atoms with E-state index < -0.39 is 0 Å². The number of alkyl halides is 1. The molecule has 2 rings (SSSR count). The van der Waals surface area contributed by atoms with Crippen LogP contribution in [0.4, 0.5) is 0 Å². The lowest BCUT2D eigenvalue weighted by Crippen LogP contribution is -2.14. The van der Waals surface area contributed by atoms with Gasteiger partial charge in [0.2, 0.25) is 0 Å². The van der Waals surface area contributed by atoms with Gasteiger partial charge in [-0.15, -0.1) is 11.6 Å². The number of hydrogen-bond acceptors (Lipinski definition) is 0. The minimum Gasteiger partial charge on any atom is -0.118 e. The van der Waals surface area contributed by atoms with Gasteiger partial charge in [-0.25, -0.2) is 0 Å². The second-order valence-corrected chi connectivity index (χ2v) is 4.07. The summed E-state index contributed by atoms with van der Waals surface area (Å²) >= 11 is 6.19. The van der Waals surface area contributed by atoms with Crippen LogP contribution in [0.1, 0.15) is 5.56 Å². The second kappa shape index (κ2) is 4.47. The quantitative estimate of drug-likeness (QED) is 0.646. The van der Waals surface area contributed by atoms with Crippen LogP contribution in [0, 0.1) is 5.92 Å². The number of halogens is 1. The normalized spacial score (nSPS) is 25.2. The Bertz CT molecular complexity index is 338. The molecule has 0 aliphatic heterocycles. The summed E-state index contributed by atoms with van der Waals surface area (Å²) in [6.07, 6.45) is 9.35. The molecule has 0 saturated carbocycles. The maximum Gasteiger partial charge on any atom is 0.0584 e. The Morgan fingerprint density at radius 1 is 1.00 bits per heavy atom. The topological polar surface area (TPSA) is 0 Å². The van der Waals surface area contributed by atoms with E-state index in [4.69, 9.17) is 11.6 Å². The van der Waals surface area contributed by atoms with E-state index in [2.05, 4.69) is 42.5 Å². The molecule has 0 radical (unpaired) electrons. The van der Waals surface area contributed by atoms with Crippen LogP contribution in [-0.2, 0) is 6.42 Å². The number of allylic oxidation sites excluding steroid dienone is 4. The van der Waals surface area contributed by atoms with Crippen LogP contribution in [0.2, 0.25) is 0 Å². The second-order valence-electron chi connectivity index (χ2n) is 3.57. The summed E-state index contributed by atoms with van der Waals surface area (Å²) in [4.78, 5) is 0. The monoisotopic (exact) mass is 204 g/mol. The lowest BCUT2D eigenvalue weighted by atomic mass is 9.93. The molecule has 0 nitrogen and oxygen atoms in total. The van der Waals surface area contributed by atoms with Crippen molar-refractivity contribution in [2.45, 2.75) is 11.8 Å². The smallest absolute Gasteiger partial charge is 0.0584 e. The van der Waals surface area contributed by atoms with Crippen LogP contribution in [-0.4, -0.2) is 5.38 Å². The van der Waals surface area contributed by atoms with E-state index in [0.717, 1.165) is 6.42 Å². The van der Waals surface area contributed by atoms with Gasteiger partial charge in [0.15, 0.2) is 0 Å². The average Bonchev–Trinajstić information content (AvgIpc) is 2.23. The Kier molecular flexibility index (Phi) is 3.05. The lowest BCUT2D eigenvalue weighted by Gasteiger charge is -2.18. The molecule has 2 atom stereocenters. The molecule has 2 unspecified atom stereocenters. The molecule has 0 fully saturated rings. The third-order valence-electron chi connectivity index (χ3n) is 2.49. The molecule has 0 spiro atoms. The van der Waals surface area contributed by atoms with E-state index in [9.17, 15) is 0 Å². The zero-order valence-electron chi connectivity index (χ0n) is 7.94. The largest absolute Gasteiger partial charge is 0.118 e. The summed E-state index contributed by atoms with van der Waals surface area (Å²) in [5.74, 6) is 0.434. The molecule has 0 saturated heterocycles. The first-order valence-electron chi connectivity index (χ1n) is 4.89. The van der Waals surface area contributed by atoms with Gasteiger partial charge in [0.05, 0.1) is 5.38 Å². The molecule has 1 aliphatic rings. The van der Waals surface area contributed by atoms with Crippen LogP contribution in [0.5, 0.6) is 0 Å². The predicted octanol–water partition coefficient (Wildman–Crippen LogP) is 3.58. The molecule has 0 aromatic heterocycles. The van der Waals surface area contributed by atoms with Gasteiger partial charge in [-0.1, -0.05) is 54.6 Å². The van der Waals surface area contributed by atoms with Gasteiger partial charge >= 0.3 is 0 Å². The molecule has 72 valence electrons. The highest BCUT2D eigenvalue weighted by Gasteiger charge is 2.15. The van der Waals surface area contributed by atoms with Crippen molar-refractivity contribution in [1.82, 2.24) is 0 Å². The van der Waals surface area contributed by atoms with Gasteiger partial charge in [0.1, 0.15) is 0 Å². The van der Waals surface area contributed by atoms with E-state index in [1.165, 1.54) is 5.56 Å². The van der Waals surface area contributed by atoms with E-state index in [0.29, 0.717) is 5.92 Å². The molecular weight excluding hydrogens is 192 g/mol. The van der Waals surface area contributed by atoms with Crippen LogP contribution < -0.4 is 0 Å². The zero-order valence-corrected chi connectivity index (χ0v) is 8.69. The molecule has 1 aliphatic carbocycles. The SMILES string of the molecule is ClC1C=CC=CC1Cc1ccccc1. The Labute approximate surface area is 89.9 Å². The van der Waals surface area contributed by atoms with Crippen molar-refractivity contribution < 1.29 is 0 Å². The minimum atomic E-state index is 0.139. The fourth-order valence-corrected chi connectivity index (χ4v) is 1.95. The van der Waals surface area contributed by atoms with Crippen molar-refractivity contribution in [1.29, 1.82) is 0 Å². The lowest BCUT2D eigenvalue weighted by molar-refractivity contribution is 0.660. The van der Waals surface area contributed by atoms with Gasteiger partial charge in [-0.3, -0.25) is 0 Å². The summed E-state index contributed by atoms with van der Waals surface area (Å²) in [6.45, 7) is 0. The molecular formula is C13H13Cl. The minimum absolute atomic E-state index is 0.139. The Morgan fingerprint density at radius 3 is 2.43 bits per heavy atom. The Hall–Kier alpha value is -1.01.